The molecular formula is C20H25N3OS. The molecule has 1 saturated heterocycles. The largest absolute Gasteiger partial charge is 0.352 e. The van der Waals surface area contributed by atoms with E-state index in [1.165, 1.54) is 23.3 Å². The lowest BCUT2D eigenvalue weighted by atomic mass is 9.97. The molecule has 25 heavy (non-hydrogen) atoms. The number of likely N-dealkylation sites (tertiary alicyclic amines) is 1. The smallest absolute Gasteiger partial charge is 0.252 e. The van der Waals surface area contributed by atoms with Gasteiger partial charge >= 0.3 is 0 Å². The summed E-state index contributed by atoms with van der Waals surface area (Å²) in [6.45, 7) is 3.90. The molecular weight excluding hydrogens is 330 g/mol. The number of carbonyl (C=O) groups is 1. The standard InChI is InChI=1S/C20H25N3OS/c1-25-19-8-6-16(7-9-19)14-23-11-3-4-17(15-23)12-22-20(24)18-5-2-10-21-13-18/h2,5-10,13,17H,3-4,11-12,14-15H2,1H3,(H,22,24)/t17-/m1/s1. The van der Waals surface area contributed by atoms with Crippen LogP contribution in [0.4, 0.5) is 0 Å². The molecule has 1 N–H and O–H groups in total. The highest BCUT2D eigenvalue weighted by atomic mass is 32.2. The Balaban J connectivity index is 1.48. The molecule has 0 unspecified atom stereocenters. The van der Waals surface area contributed by atoms with Crippen LogP contribution in [0.3, 0.4) is 0 Å². The molecule has 2 aromatic rings. The predicted octanol–water partition coefficient (Wildman–Crippen LogP) is 3.45. The van der Waals surface area contributed by atoms with Crippen molar-refractivity contribution in [2.24, 2.45) is 5.92 Å². The molecule has 0 bridgehead atoms. The number of pyridine rings is 1. The molecule has 1 aliphatic heterocycles. The zero-order chi connectivity index (χ0) is 17.5. The number of aromatic nitrogens is 1. The molecule has 1 aliphatic rings. The molecule has 5 heteroatoms. The van der Waals surface area contributed by atoms with Crippen molar-refractivity contribution in [1.29, 1.82) is 0 Å². The van der Waals surface area contributed by atoms with Crippen LogP contribution in [0.25, 0.3) is 0 Å². The minimum absolute atomic E-state index is 0.0297. The van der Waals surface area contributed by atoms with Crippen molar-refractivity contribution in [2.75, 3.05) is 25.9 Å². The van der Waals surface area contributed by atoms with Crippen LogP contribution in [-0.4, -0.2) is 41.7 Å². The minimum atomic E-state index is -0.0297. The second-order valence-corrected chi connectivity index (χ2v) is 7.42. The summed E-state index contributed by atoms with van der Waals surface area (Å²) in [5, 5.41) is 3.06. The van der Waals surface area contributed by atoms with Crippen molar-refractivity contribution in [1.82, 2.24) is 15.2 Å². The first-order valence-electron chi connectivity index (χ1n) is 8.78. The van der Waals surface area contributed by atoms with Crippen molar-refractivity contribution in [3.05, 3.63) is 59.9 Å². The Morgan fingerprint density at radius 3 is 2.88 bits per heavy atom. The molecule has 4 nitrogen and oxygen atoms in total. The third-order valence-corrected chi connectivity index (χ3v) is 5.39. The van der Waals surface area contributed by atoms with Crippen LogP contribution in [0.2, 0.25) is 0 Å². The van der Waals surface area contributed by atoms with Crippen LogP contribution < -0.4 is 5.32 Å². The maximum absolute atomic E-state index is 12.2. The van der Waals surface area contributed by atoms with E-state index in [9.17, 15) is 4.79 Å². The van der Waals surface area contributed by atoms with Gasteiger partial charge in [0, 0.05) is 36.9 Å². The quantitative estimate of drug-likeness (QED) is 0.806. The van der Waals surface area contributed by atoms with Gasteiger partial charge in [0.2, 0.25) is 0 Å². The van der Waals surface area contributed by atoms with E-state index < -0.39 is 0 Å². The number of rotatable bonds is 6. The van der Waals surface area contributed by atoms with Gasteiger partial charge in [0.05, 0.1) is 5.56 Å². The number of benzene rings is 1. The second-order valence-electron chi connectivity index (χ2n) is 6.54. The fraction of sp³-hybridized carbons (Fsp3) is 0.400. The number of piperidine rings is 1. The molecule has 0 aliphatic carbocycles. The predicted molar refractivity (Wildman–Crippen MR) is 103 cm³/mol. The average Bonchev–Trinajstić information content (AvgIpc) is 2.68. The van der Waals surface area contributed by atoms with Gasteiger partial charge in [-0.2, -0.15) is 0 Å². The SMILES string of the molecule is CSc1ccc(CN2CCC[C@H](CNC(=O)c3cccnc3)C2)cc1. The monoisotopic (exact) mass is 355 g/mol. The Labute approximate surface area is 154 Å². The van der Waals surface area contributed by atoms with E-state index in [4.69, 9.17) is 0 Å². The van der Waals surface area contributed by atoms with E-state index in [2.05, 4.69) is 45.7 Å². The van der Waals surface area contributed by atoms with Gasteiger partial charge in [-0.15, -0.1) is 11.8 Å². The van der Waals surface area contributed by atoms with E-state index in [-0.39, 0.29) is 5.91 Å². The van der Waals surface area contributed by atoms with Crippen LogP contribution in [0.15, 0.2) is 53.7 Å². The van der Waals surface area contributed by atoms with Gasteiger partial charge in [-0.3, -0.25) is 14.7 Å². The fourth-order valence-corrected chi connectivity index (χ4v) is 3.70. The zero-order valence-corrected chi connectivity index (χ0v) is 15.5. The fourth-order valence-electron chi connectivity index (χ4n) is 3.29. The Hall–Kier alpha value is -1.85. The highest BCUT2D eigenvalue weighted by Gasteiger charge is 2.20. The Morgan fingerprint density at radius 2 is 2.16 bits per heavy atom. The first kappa shape index (κ1) is 18.0. The van der Waals surface area contributed by atoms with Crippen LogP contribution in [-0.2, 0) is 6.54 Å². The summed E-state index contributed by atoms with van der Waals surface area (Å²) in [6, 6.07) is 12.4. The van der Waals surface area contributed by atoms with Crippen molar-refractivity contribution in [3.63, 3.8) is 0 Å². The van der Waals surface area contributed by atoms with Gasteiger partial charge in [0.25, 0.3) is 5.91 Å². The molecule has 0 radical (unpaired) electrons. The number of nitrogens with one attached hydrogen (secondary N) is 1. The molecule has 3 rings (SSSR count). The Bertz CT molecular complexity index is 675. The molecule has 0 spiro atoms. The molecule has 2 heterocycles. The van der Waals surface area contributed by atoms with Crippen molar-refractivity contribution in [3.8, 4) is 0 Å². The summed E-state index contributed by atoms with van der Waals surface area (Å²) in [6.07, 6.45) is 7.76. The molecule has 1 aromatic carbocycles. The molecule has 1 atom stereocenters. The highest BCUT2D eigenvalue weighted by Crippen LogP contribution is 2.20. The number of thioether (sulfide) groups is 1. The van der Waals surface area contributed by atoms with Gasteiger partial charge in [-0.1, -0.05) is 12.1 Å². The molecule has 1 aromatic heterocycles. The lowest BCUT2D eigenvalue weighted by molar-refractivity contribution is 0.0930. The first-order chi connectivity index (χ1) is 12.2. The summed E-state index contributed by atoms with van der Waals surface area (Å²) in [5.41, 5.74) is 1.99. The van der Waals surface area contributed by atoms with E-state index in [0.29, 0.717) is 11.5 Å². The molecule has 1 fully saturated rings. The third kappa shape index (κ3) is 5.31. The number of hydrogen-bond acceptors (Lipinski definition) is 4. The second kappa shape index (κ2) is 9.02. The third-order valence-electron chi connectivity index (χ3n) is 4.64. The number of carbonyl (C=O) groups excluding carboxylic acids is 1. The average molecular weight is 356 g/mol. The van der Waals surface area contributed by atoms with Gasteiger partial charge in [0.15, 0.2) is 0 Å². The Kier molecular flexibility index (Phi) is 6.48. The lowest BCUT2D eigenvalue weighted by Gasteiger charge is -2.32. The normalized spacial score (nSPS) is 18.0. The molecule has 0 saturated carbocycles. The maximum atomic E-state index is 12.2. The van der Waals surface area contributed by atoms with E-state index in [0.717, 1.165) is 26.2 Å². The highest BCUT2D eigenvalue weighted by molar-refractivity contribution is 7.98. The van der Waals surface area contributed by atoms with Gasteiger partial charge in [-0.25, -0.2) is 0 Å². The Morgan fingerprint density at radius 1 is 1.32 bits per heavy atom. The van der Waals surface area contributed by atoms with Crippen molar-refractivity contribution >= 4 is 17.7 Å². The summed E-state index contributed by atoms with van der Waals surface area (Å²) in [7, 11) is 0. The lowest BCUT2D eigenvalue weighted by Crippen LogP contribution is -2.40. The zero-order valence-electron chi connectivity index (χ0n) is 14.6. The van der Waals surface area contributed by atoms with Gasteiger partial charge < -0.3 is 5.32 Å². The van der Waals surface area contributed by atoms with Crippen LogP contribution in [0.5, 0.6) is 0 Å². The number of nitrogens with zero attached hydrogens (tertiary/aromatic N) is 2. The first-order valence-corrected chi connectivity index (χ1v) is 10.0. The van der Waals surface area contributed by atoms with E-state index in [1.807, 2.05) is 0 Å². The van der Waals surface area contributed by atoms with Crippen LogP contribution in [0, 0.1) is 5.92 Å². The molecule has 132 valence electrons. The summed E-state index contributed by atoms with van der Waals surface area (Å²) in [4.78, 5) is 20.0. The topological polar surface area (TPSA) is 45.2 Å². The maximum Gasteiger partial charge on any atom is 0.252 e. The summed E-state index contributed by atoms with van der Waals surface area (Å²) >= 11 is 1.77. The van der Waals surface area contributed by atoms with Crippen molar-refractivity contribution < 1.29 is 4.79 Å². The van der Waals surface area contributed by atoms with E-state index in [1.54, 1.807) is 36.3 Å². The van der Waals surface area contributed by atoms with Crippen molar-refractivity contribution in [2.45, 2.75) is 24.3 Å². The summed E-state index contributed by atoms with van der Waals surface area (Å²) < 4.78 is 0. The number of hydrogen-bond donors (Lipinski definition) is 1. The molecule has 1 amide bonds. The van der Waals surface area contributed by atoms with Gasteiger partial charge in [0.1, 0.15) is 0 Å². The van der Waals surface area contributed by atoms with Crippen LogP contribution in [0.1, 0.15) is 28.8 Å². The van der Waals surface area contributed by atoms with Gasteiger partial charge in [-0.05, 0) is 61.4 Å². The number of amides is 1. The van der Waals surface area contributed by atoms with Crippen LogP contribution >= 0.6 is 11.8 Å². The van der Waals surface area contributed by atoms with E-state index >= 15 is 0 Å². The minimum Gasteiger partial charge on any atom is -0.352 e. The summed E-state index contributed by atoms with van der Waals surface area (Å²) in [5.74, 6) is 0.484.